The lowest BCUT2D eigenvalue weighted by atomic mass is 10.0. The summed E-state index contributed by atoms with van der Waals surface area (Å²) in [6, 6.07) is 10.9. The van der Waals surface area contributed by atoms with Crippen LogP contribution in [0, 0.1) is 0 Å². The number of Topliss-reactive ketones (excluding diaryl/α,β-unsaturated/α-hetero) is 2. The number of carbonyl (C=O) groups excluding carboxylic acids is 2. The molecular weight excluding hydrogens is 296 g/mol. The number of carbonyl (C=O) groups is 2. The fourth-order valence-electron chi connectivity index (χ4n) is 2.17. The minimum Gasteiger partial charge on any atom is -0.508 e. The molecule has 1 N–H and O–H groups in total. The van der Waals surface area contributed by atoms with Crippen molar-refractivity contribution in [2.24, 2.45) is 0 Å². The average Bonchev–Trinajstić information content (AvgIpc) is 2.59. The Morgan fingerprint density at radius 3 is 1.91 bits per heavy atom. The Kier molecular flexibility index (Phi) is 5.36. The second-order valence-corrected chi connectivity index (χ2v) is 4.96. The Hall–Kier alpha value is -2.82. The van der Waals surface area contributed by atoms with Gasteiger partial charge in [-0.3, -0.25) is 9.59 Å². The molecule has 0 amide bonds. The van der Waals surface area contributed by atoms with Crippen molar-refractivity contribution in [2.45, 2.75) is 12.8 Å². The minimum atomic E-state index is -0.141. The molecule has 0 aliphatic rings. The highest BCUT2D eigenvalue weighted by atomic mass is 16.5. The number of phenolic OH excluding ortho intramolecular Hbond substituents is 1. The summed E-state index contributed by atoms with van der Waals surface area (Å²) >= 11 is 0. The first-order valence-corrected chi connectivity index (χ1v) is 7.12. The van der Waals surface area contributed by atoms with Crippen molar-refractivity contribution in [3.05, 3.63) is 53.6 Å². The van der Waals surface area contributed by atoms with Crippen molar-refractivity contribution in [2.75, 3.05) is 14.2 Å². The number of aromatic hydroxyl groups is 1. The lowest BCUT2D eigenvalue weighted by molar-refractivity contribution is 0.0917. The maximum atomic E-state index is 12.2. The molecule has 2 rings (SSSR count). The summed E-state index contributed by atoms with van der Waals surface area (Å²) in [5.41, 5.74) is 0.948. The third-order valence-electron chi connectivity index (χ3n) is 3.47. The lowest BCUT2D eigenvalue weighted by Crippen LogP contribution is -2.05. The summed E-state index contributed by atoms with van der Waals surface area (Å²) in [5, 5.41) is 9.21. The van der Waals surface area contributed by atoms with Crippen LogP contribution in [-0.4, -0.2) is 30.9 Å². The molecule has 0 spiro atoms. The van der Waals surface area contributed by atoms with Gasteiger partial charge in [-0.25, -0.2) is 0 Å². The Morgan fingerprint density at radius 2 is 1.35 bits per heavy atom. The second kappa shape index (κ2) is 7.45. The largest absolute Gasteiger partial charge is 0.508 e. The van der Waals surface area contributed by atoms with Gasteiger partial charge < -0.3 is 14.6 Å². The maximum absolute atomic E-state index is 12.2. The highest BCUT2D eigenvalue weighted by Crippen LogP contribution is 2.28. The predicted molar refractivity (Wildman–Crippen MR) is 85.5 cm³/mol. The molecule has 0 aliphatic heterocycles. The van der Waals surface area contributed by atoms with E-state index in [-0.39, 0.29) is 30.2 Å². The molecule has 0 aromatic heterocycles. The highest BCUT2D eigenvalue weighted by Gasteiger charge is 2.13. The molecule has 5 nitrogen and oxygen atoms in total. The van der Waals surface area contributed by atoms with Gasteiger partial charge in [0.15, 0.2) is 23.1 Å². The molecule has 0 unspecified atom stereocenters. The molecule has 0 radical (unpaired) electrons. The first-order valence-electron chi connectivity index (χ1n) is 7.12. The van der Waals surface area contributed by atoms with Gasteiger partial charge in [-0.2, -0.15) is 0 Å². The van der Waals surface area contributed by atoms with Crippen molar-refractivity contribution < 1.29 is 24.2 Å². The molecule has 0 fully saturated rings. The van der Waals surface area contributed by atoms with Gasteiger partial charge in [0.25, 0.3) is 0 Å². The number of ketones is 2. The minimum absolute atomic E-state index is 0.1000. The van der Waals surface area contributed by atoms with Crippen LogP contribution in [0.2, 0.25) is 0 Å². The number of ether oxygens (including phenoxy) is 2. The molecule has 0 bridgehead atoms. The molecule has 120 valence electrons. The summed E-state index contributed by atoms with van der Waals surface area (Å²) in [5.74, 6) is 0.840. The predicted octanol–water partition coefficient (Wildman–Crippen LogP) is 3.26. The molecule has 0 atom stereocenters. The smallest absolute Gasteiger partial charge is 0.163 e. The SMILES string of the molecule is COc1ccc(C(=O)CCC(=O)c2ccc(O)cc2)cc1OC. The monoisotopic (exact) mass is 314 g/mol. The van der Waals surface area contributed by atoms with Crippen LogP contribution >= 0.6 is 0 Å². The van der Waals surface area contributed by atoms with Crippen molar-refractivity contribution in [3.63, 3.8) is 0 Å². The average molecular weight is 314 g/mol. The van der Waals surface area contributed by atoms with Crippen molar-refractivity contribution in [1.29, 1.82) is 0 Å². The van der Waals surface area contributed by atoms with E-state index < -0.39 is 0 Å². The highest BCUT2D eigenvalue weighted by molar-refractivity contribution is 6.02. The summed E-state index contributed by atoms with van der Waals surface area (Å²) in [6.45, 7) is 0. The van der Waals surface area contributed by atoms with Crippen molar-refractivity contribution in [3.8, 4) is 17.2 Å². The van der Waals surface area contributed by atoms with Gasteiger partial charge in [-0.05, 0) is 42.5 Å². The molecule has 23 heavy (non-hydrogen) atoms. The number of hydrogen-bond donors (Lipinski definition) is 1. The van der Waals surface area contributed by atoms with Gasteiger partial charge in [0.05, 0.1) is 14.2 Å². The summed E-state index contributed by atoms with van der Waals surface area (Å²) in [7, 11) is 3.02. The summed E-state index contributed by atoms with van der Waals surface area (Å²) in [4.78, 5) is 24.3. The molecule has 5 heteroatoms. The first-order chi connectivity index (χ1) is 11.0. The lowest BCUT2D eigenvalue weighted by Gasteiger charge is -2.09. The first kappa shape index (κ1) is 16.5. The van der Waals surface area contributed by atoms with Crippen LogP contribution in [0.15, 0.2) is 42.5 Å². The molecule has 2 aromatic carbocycles. The van der Waals surface area contributed by atoms with Gasteiger partial charge in [0.2, 0.25) is 0 Å². The van der Waals surface area contributed by atoms with E-state index >= 15 is 0 Å². The van der Waals surface area contributed by atoms with Gasteiger partial charge in [0.1, 0.15) is 5.75 Å². The van der Waals surface area contributed by atoms with E-state index in [1.54, 1.807) is 30.3 Å². The van der Waals surface area contributed by atoms with E-state index in [4.69, 9.17) is 9.47 Å². The van der Waals surface area contributed by atoms with Crippen LogP contribution in [0.1, 0.15) is 33.6 Å². The Labute approximate surface area is 134 Å². The summed E-state index contributed by atoms with van der Waals surface area (Å²) in [6.07, 6.45) is 0.215. The number of rotatable bonds is 7. The molecule has 0 saturated carbocycles. The molecule has 0 aliphatic carbocycles. The molecule has 2 aromatic rings. The number of benzene rings is 2. The quantitative estimate of drug-likeness (QED) is 0.794. The van der Waals surface area contributed by atoms with Gasteiger partial charge in [-0.1, -0.05) is 0 Å². The number of phenols is 1. The second-order valence-electron chi connectivity index (χ2n) is 4.96. The number of methoxy groups -OCH3 is 2. The molecule has 0 heterocycles. The van der Waals surface area contributed by atoms with Gasteiger partial charge in [-0.15, -0.1) is 0 Å². The Morgan fingerprint density at radius 1 is 0.826 bits per heavy atom. The standard InChI is InChI=1S/C18H18O5/c1-22-17-10-5-13(11-18(17)23-2)16(21)9-8-15(20)12-3-6-14(19)7-4-12/h3-7,10-11,19H,8-9H2,1-2H3. The summed E-state index contributed by atoms with van der Waals surface area (Å²) < 4.78 is 10.3. The fraction of sp³-hybridized carbons (Fsp3) is 0.222. The molecular formula is C18H18O5. The van der Waals surface area contributed by atoms with E-state index in [0.29, 0.717) is 22.6 Å². The van der Waals surface area contributed by atoms with Crippen LogP contribution in [0.4, 0.5) is 0 Å². The zero-order chi connectivity index (χ0) is 16.8. The van der Waals surface area contributed by atoms with Crippen LogP contribution in [-0.2, 0) is 0 Å². The Bertz CT molecular complexity index is 704. The molecule has 0 saturated heterocycles. The Balaban J connectivity index is 2.02. The van der Waals surface area contributed by atoms with Gasteiger partial charge >= 0.3 is 0 Å². The van der Waals surface area contributed by atoms with E-state index in [1.807, 2.05) is 0 Å². The van der Waals surface area contributed by atoms with E-state index in [9.17, 15) is 14.7 Å². The number of hydrogen-bond acceptors (Lipinski definition) is 5. The van der Waals surface area contributed by atoms with E-state index in [1.165, 1.54) is 26.4 Å². The maximum Gasteiger partial charge on any atom is 0.163 e. The van der Waals surface area contributed by atoms with E-state index in [2.05, 4.69) is 0 Å². The van der Waals surface area contributed by atoms with Crippen LogP contribution in [0.3, 0.4) is 0 Å². The van der Waals surface area contributed by atoms with Gasteiger partial charge in [0, 0.05) is 24.0 Å². The topological polar surface area (TPSA) is 72.8 Å². The van der Waals surface area contributed by atoms with Crippen molar-refractivity contribution >= 4 is 11.6 Å². The third kappa shape index (κ3) is 4.10. The normalized spacial score (nSPS) is 10.2. The van der Waals surface area contributed by atoms with Crippen molar-refractivity contribution in [1.82, 2.24) is 0 Å². The third-order valence-corrected chi connectivity index (χ3v) is 3.47. The zero-order valence-corrected chi connectivity index (χ0v) is 13.0. The zero-order valence-electron chi connectivity index (χ0n) is 13.0. The van der Waals surface area contributed by atoms with Crippen LogP contribution in [0.5, 0.6) is 17.2 Å². The van der Waals surface area contributed by atoms with Crippen LogP contribution < -0.4 is 9.47 Å². The van der Waals surface area contributed by atoms with Crippen LogP contribution in [0.25, 0.3) is 0 Å². The van der Waals surface area contributed by atoms with E-state index in [0.717, 1.165) is 0 Å². The fourth-order valence-corrected chi connectivity index (χ4v) is 2.17.